The van der Waals surface area contributed by atoms with Gasteiger partial charge in [0.2, 0.25) is 5.95 Å². The van der Waals surface area contributed by atoms with Crippen LogP contribution in [0.15, 0.2) is 31.0 Å². The Morgan fingerprint density at radius 3 is 2.89 bits per heavy atom. The van der Waals surface area contributed by atoms with Gasteiger partial charge in [-0.05, 0) is 18.9 Å². The topological polar surface area (TPSA) is 72.7 Å². The molecule has 1 amide bonds. The molecule has 0 spiro atoms. The van der Waals surface area contributed by atoms with Crippen molar-refractivity contribution in [2.75, 3.05) is 0 Å². The smallest absolute Gasteiger partial charge is 0.270 e. The molecule has 1 N–H and O–H groups in total. The third-order valence-corrected chi connectivity index (χ3v) is 3.30. The van der Waals surface area contributed by atoms with E-state index in [0.717, 1.165) is 12.8 Å². The van der Waals surface area contributed by atoms with Crippen LogP contribution in [0.3, 0.4) is 0 Å². The Labute approximate surface area is 110 Å². The largest absolute Gasteiger partial charge is 0.348 e. The normalized spacial score (nSPS) is 15.6. The van der Waals surface area contributed by atoms with E-state index < -0.39 is 0 Å². The number of imidazole rings is 1. The zero-order valence-corrected chi connectivity index (χ0v) is 10.5. The Balaban J connectivity index is 1.77. The van der Waals surface area contributed by atoms with Gasteiger partial charge in [-0.3, -0.25) is 9.36 Å². The molecule has 1 saturated carbocycles. The lowest BCUT2D eigenvalue weighted by atomic mass is 10.2. The lowest BCUT2D eigenvalue weighted by Gasteiger charge is -2.11. The van der Waals surface area contributed by atoms with Crippen molar-refractivity contribution in [3.05, 3.63) is 36.7 Å². The number of rotatable bonds is 3. The van der Waals surface area contributed by atoms with Crippen LogP contribution >= 0.6 is 0 Å². The first-order valence-electron chi connectivity index (χ1n) is 6.45. The Hall–Kier alpha value is -2.24. The molecule has 0 atom stereocenters. The molecule has 2 heterocycles. The molecular formula is C13H15N5O. The number of carbonyl (C=O) groups is 1. The monoisotopic (exact) mass is 257 g/mol. The summed E-state index contributed by atoms with van der Waals surface area (Å²) in [5.41, 5.74) is 0.394. The number of hydrogen-bond acceptors (Lipinski definition) is 4. The van der Waals surface area contributed by atoms with Gasteiger partial charge in [-0.15, -0.1) is 0 Å². The minimum Gasteiger partial charge on any atom is -0.348 e. The quantitative estimate of drug-likeness (QED) is 0.900. The highest BCUT2D eigenvalue weighted by atomic mass is 16.1. The van der Waals surface area contributed by atoms with Crippen molar-refractivity contribution < 1.29 is 4.79 Å². The molecule has 0 bridgehead atoms. The van der Waals surface area contributed by atoms with Gasteiger partial charge in [0.1, 0.15) is 12.0 Å². The van der Waals surface area contributed by atoms with E-state index in [9.17, 15) is 4.79 Å². The third kappa shape index (κ3) is 2.62. The summed E-state index contributed by atoms with van der Waals surface area (Å²) in [7, 11) is 0. The molecule has 0 unspecified atom stereocenters. The lowest BCUT2D eigenvalue weighted by molar-refractivity contribution is 0.0932. The zero-order chi connectivity index (χ0) is 13.1. The number of nitrogens with zero attached hydrogens (tertiary/aromatic N) is 4. The second-order valence-electron chi connectivity index (χ2n) is 4.67. The van der Waals surface area contributed by atoms with Gasteiger partial charge >= 0.3 is 0 Å². The molecule has 3 rings (SSSR count). The minimum atomic E-state index is -0.129. The molecule has 0 radical (unpaired) electrons. The average Bonchev–Trinajstić information content (AvgIpc) is 3.12. The van der Waals surface area contributed by atoms with E-state index in [2.05, 4.69) is 20.3 Å². The highest BCUT2D eigenvalue weighted by Gasteiger charge is 2.18. The molecule has 0 aromatic carbocycles. The Kier molecular flexibility index (Phi) is 3.22. The maximum absolute atomic E-state index is 12.1. The molecule has 2 aromatic rings. The highest BCUT2D eigenvalue weighted by Crippen LogP contribution is 2.17. The number of nitrogens with one attached hydrogen (secondary N) is 1. The van der Waals surface area contributed by atoms with Crippen molar-refractivity contribution >= 4 is 5.91 Å². The first-order valence-corrected chi connectivity index (χ1v) is 6.45. The standard InChI is InChI=1S/C13H15N5O/c19-12(16-10-3-1-2-4-10)11-5-6-15-13(17-11)18-8-7-14-9-18/h5-10H,1-4H2,(H,16,19). The van der Waals surface area contributed by atoms with Gasteiger partial charge < -0.3 is 5.32 Å². The van der Waals surface area contributed by atoms with E-state index in [1.54, 1.807) is 35.6 Å². The average molecular weight is 257 g/mol. The van der Waals surface area contributed by atoms with Crippen LogP contribution < -0.4 is 5.32 Å². The maximum Gasteiger partial charge on any atom is 0.270 e. The summed E-state index contributed by atoms with van der Waals surface area (Å²) in [4.78, 5) is 24.4. The van der Waals surface area contributed by atoms with Crippen molar-refractivity contribution in [2.45, 2.75) is 31.7 Å². The van der Waals surface area contributed by atoms with Gasteiger partial charge in [-0.2, -0.15) is 0 Å². The zero-order valence-electron chi connectivity index (χ0n) is 10.5. The molecule has 6 nitrogen and oxygen atoms in total. The second kappa shape index (κ2) is 5.17. The van der Waals surface area contributed by atoms with Crippen LogP contribution in [0, 0.1) is 0 Å². The summed E-state index contributed by atoms with van der Waals surface area (Å²) in [5.74, 6) is 0.326. The van der Waals surface area contributed by atoms with Gasteiger partial charge in [0, 0.05) is 24.6 Å². The third-order valence-electron chi connectivity index (χ3n) is 3.30. The highest BCUT2D eigenvalue weighted by molar-refractivity contribution is 5.92. The van der Waals surface area contributed by atoms with Crippen molar-refractivity contribution in [1.29, 1.82) is 0 Å². The molecule has 1 aliphatic rings. The van der Waals surface area contributed by atoms with Gasteiger partial charge in [0.25, 0.3) is 5.91 Å². The van der Waals surface area contributed by atoms with Crippen LogP contribution in [0.25, 0.3) is 5.95 Å². The maximum atomic E-state index is 12.1. The summed E-state index contributed by atoms with van der Waals surface area (Å²) < 4.78 is 1.67. The van der Waals surface area contributed by atoms with Crippen molar-refractivity contribution in [2.24, 2.45) is 0 Å². The van der Waals surface area contributed by atoms with Crippen molar-refractivity contribution in [3.63, 3.8) is 0 Å². The lowest BCUT2D eigenvalue weighted by Crippen LogP contribution is -2.33. The van der Waals surface area contributed by atoms with Crippen molar-refractivity contribution in [3.8, 4) is 5.95 Å². The van der Waals surface area contributed by atoms with Crippen LogP contribution in [0.2, 0.25) is 0 Å². The predicted molar refractivity (Wildman–Crippen MR) is 68.9 cm³/mol. The summed E-state index contributed by atoms with van der Waals surface area (Å²) in [6, 6.07) is 1.92. The first-order chi connectivity index (χ1) is 9.33. The fourth-order valence-corrected chi connectivity index (χ4v) is 2.31. The second-order valence-corrected chi connectivity index (χ2v) is 4.67. The summed E-state index contributed by atoms with van der Waals surface area (Å²) in [6.07, 6.45) is 11.1. The van der Waals surface area contributed by atoms with Crippen LogP contribution in [0.4, 0.5) is 0 Å². The molecule has 98 valence electrons. The van der Waals surface area contributed by atoms with Gasteiger partial charge in [-0.25, -0.2) is 15.0 Å². The fraction of sp³-hybridized carbons (Fsp3) is 0.385. The fourth-order valence-electron chi connectivity index (χ4n) is 2.31. The number of amides is 1. The van der Waals surface area contributed by atoms with Gasteiger partial charge in [-0.1, -0.05) is 12.8 Å². The van der Waals surface area contributed by atoms with Crippen LogP contribution in [0.5, 0.6) is 0 Å². The van der Waals surface area contributed by atoms with Crippen molar-refractivity contribution in [1.82, 2.24) is 24.8 Å². The Bertz CT molecular complexity index is 560. The molecule has 1 fully saturated rings. The molecule has 6 heteroatoms. The molecule has 0 aliphatic heterocycles. The summed E-state index contributed by atoms with van der Waals surface area (Å²) >= 11 is 0. The molecule has 2 aromatic heterocycles. The summed E-state index contributed by atoms with van der Waals surface area (Å²) in [6.45, 7) is 0. The van der Waals surface area contributed by atoms with Crippen LogP contribution in [0.1, 0.15) is 36.2 Å². The molecule has 19 heavy (non-hydrogen) atoms. The van der Waals surface area contributed by atoms with Gasteiger partial charge in [0.15, 0.2) is 0 Å². The van der Waals surface area contributed by atoms with E-state index >= 15 is 0 Å². The summed E-state index contributed by atoms with van der Waals surface area (Å²) in [5, 5.41) is 3.01. The number of hydrogen-bond donors (Lipinski definition) is 1. The molecular weight excluding hydrogens is 242 g/mol. The van der Waals surface area contributed by atoms with E-state index in [1.807, 2.05) is 0 Å². The van der Waals surface area contributed by atoms with E-state index in [4.69, 9.17) is 0 Å². The molecule has 0 saturated heterocycles. The number of carbonyl (C=O) groups excluding carboxylic acids is 1. The SMILES string of the molecule is O=C(NC1CCCC1)c1ccnc(-n2ccnc2)n1. The molecule has 1 aliphatic carbocycles. The van der Waals surface area contributed by atoms with Gasteiger partial charge in [0.05, 0.1) is 0 Å². The predicted octanol–water partition coefficient (Wildman–Crippen LogP) is 1.33. The van der Waals surface area contributed by atoms with E-state index in [0.29, 0.717) is 17.7 Å². The Morgan fingerprint density at radius 1 is 1.32 bits per heavy atom. The van der Waals surface area contributed by atoms with E-state index in [-0.39, 0.29) is 5.91 Å². The van der Waals surface area contributed by atoms with Crippen LogP contribution in [-0.2, 0) is 0 Å². The van der Waals surface area contributed by atoms with E-state index in [1.165, 1.54) is 12.8 Å². The first kappa shape index (κ1) is 11.8. The van der Waals surface area contributed by atoms with Crippen LogP contribution in [-0.4, -0.2) is 31.5 Å². The Morgan fingerprint density at radius 2 is 2.16 bits per heavy atom. The minimum absolute atomic E-state index is 0.129. The number of aromatic nitrogens is 4.